The third-order valence-corrected chi connectivity index (χ3v) is 3.58. The zero-order valence-corrected chi connectivity index (χ0v) is 8.76. The number of nitrogens with zero attached hydrogens (tertiary/aromatic N) is 1. The molecule has 2 aliphatic heterocycles. The molecule has 0 saturated carbocycles. The number of hydrogen-bond donors (Lipinski definition) is 1. The second-order valence-corrected chi connectivity index (χ2v) is 4.72. The number of piperidine rings is 2. The van der Waals surface area contributed by atoms with E-state index in [-0.39, 0.29) is 0 Å². The van der Waals surface area contributed by atoms with Gasteiger partial charge in [-0.25, -0.2) is 0 Å². The van der Waals surface area contributed by atoms with Crippen molar-refractivity contribution in [2.75, 3.05) is 26.7 Å². The van der Waals surface area contributed by atoms with E-state index in [0.717, 1.165) is 12.0 Å². The Morgan fingerprint density at radius 2 is 2.08 bits per heavy atom. The van der Waals surface area contributed by atoms with Gasteiger partial charge in [0.25, 0.3) is 0 Å². The molecule has 2 rings (SSSR count). The molecular weight excluding hydrogens is 160 g/mol. The van der Waals surface area contributed by atoms with Crippen LogP contribution >= 0.6 is 0 Å². The van der Waals surface area contributed by atoms with Crippen LogP contribution in [0.2, 0.25) is 0 Å². The van der Waals surface area contributed by atoms with Gasteiger partial charge in [-0.1, -0.05) is 6.42 Å². The van der Waals surface area contributed by atoms with Crippen molar-refractivity contribution in [2.45, 2.75) is 38.1 Å². The lowest BCUT2D eigenvalue weighted by Crippen LogP contribution is -2.46. The van der Waals surface area contributed by atoms with E-state index in [2.05, 4.69) is 17.3 Å². The molecule has 2 nitrogen and oxygen atoms in total. The summed E-state index contributed by atoms with van der Waals surface area (Å²) in [6, 6.07) is 0.830. The molecule has 0 bridgehead atoms. The normalized spacial score (nSPS) is 37.6. The molecule has 2 unspecified atom stereocenters. The van der Waals surface area contributed by atoms with Crippen LogP contribution in [-0.4, -0.2) is 37.6 Å². The average Bonchev–Trinajstić information content (AvgIpc) is 2.19. The van der Waals surface area contributed by atoms with Crippen LogP contribution in [0.1, 0.15) is 32.1 Å². The van der Waals surface area contributed by atoms with E-state index in [1.807, 2.05) is 0 Å². The molecule has 13 heavy (non-hydrogen) atoms. The third kappa shape index (κ3) is 2.44. The van der Waals surface area contributed by atoms with Crippen LogP contribution in [0.4, 0.5) is 0 Å². The van der Waals surface area contributed by atoms with Gasteiger partial charge in [0.1, 0.15) is 0 Å². The van der Waals surface area contributed by atoms with E-state index < -0.39 is 0 Å². The lowest BCUT2D eigenvalue weighted by molar-refractivity contribution is 0.159. The smallest absolute Gasteiger partial charge is 0.0107 e. The minimum Gasteiger partial charge on any atom is -0.314 e. The largest absolute Gasteiger partial charge is 0.314 e. The van der Waals surface area contributed by atoms with Gasteiger partial charge in [-0.3, -0.25) is 0 Å². The van der Waals surface area contributed by atoms with Gasteiger partial charge in [-0.15, -0.1) is 0 Å². The number of hydrogen-bond acceptors (Lipinski definition) is 2. The maximum absolute atomic E-state index is 3.68. The summed E-state index contributed by atoms with van der Waals surface area (Å²) in [4.78, 5) is 2.49. The maximum Gasteiger partial charge on any atom is 0.0107 e. The zero-order chi connectivity index (χ0) is 9.10. The minimum absolute atomic E-state index is 0.830. The Balaban J connectivity index is 1.83. The predicted molar refractivity (Wildman–Crippen MR) is 55.9 cm³/mol. The van der Waals surface area contributed by atoms with Gasteiger partial charge in [-0.05, 0) is 51.7 Å². The lowest BCUT2D eigenvalue weighted by atomic mass is 9.86. The molecule has 2 fully saturated rings. The number of rotatable bonds is 1. The van der Waals surface area contributed by atoms with E-state index >= 15 is 0 Å². The van der Waals surface area contributed by atoms with Crippen molar-refractivity contribution in [3.05, 3.63) is 0 Å². The standard InChI is InChI=1S/C11H22N2/c1-13-8-4-5-10(9-13)11-6-2-3-7-12-11/h10-12H,2-9H2,1H3. The second-order valence-electron chi connectivity index (χ2n) is 4.72. The van der Waals surface area contributed by atoms with Gasteiger partial charge >= 0.3 is 0 Å². The van der Waals surface area contributed by atoms with Gasteiger partial charge < -0.3 is 10.2 Å². The average molecular weight is 182 g/mol. The van der Waals surface area contributed by atoms with E-state index in [9.17, 15) is 0 Å². The maximum atomic E-state index is 3.68. The quantitative estimate of drug-likeness (QED) is 0.660. The van der Waals surface area contributed by atoms with E-state index in [4.69, 9.17) is 0 Å². The molecule has 1 N–H and O–H groups in total. The molecule has 2 heteroatoms. The van der Waals surface area contributed by atoms with Crippen LogP contribution in [-0.2, 0) is 0 Å². The summed E-state index contributed by atoms with van der Waals surface area (Å²) in [5, 5.41) is 3.68. The van der Waals surface area contributed by atoms with Crippen molar-refractivity contribution >= 4 is 0 Å². The van der Waals surface area contributed by atoms with Crippen molar-refractivity contribution in [2.24, 2.45) is 5.92 Å². The molecular formula is C11H22N2. The molecule has 0 aliphatic carbocycles. The van der Waals surface area contributed by atoms with Crippen LogP contribution in [0.15, 0.2) is 0 Å². The fourth-order valence-corrected chi connectivity index (χ4v) is 2.82. The highest BCUT2D eigenvalue weighted by atomic mass is 15.1. The summed E-state index contributed by atoms with van der Waals surface area (Å²) < 4.78 is 0. The SMILES string of the molecule is CN1CCCC(C2CCCCN2)C1. The fraction of sp³-hybridized carbons (Fsp3) is 1.00. The first-order chi connectivity index (χ1) is 6.36. The molecule has 2 saturated heterocycles. The third-order valence-electron chi connectivity index (χ3n) is 3.58. The predicted octanol–water partition coefficient (Wildman–Crippen LogP) is 1.47. The Kier molecular flexibility index (Phi) is 3.23. The molecule has 2 heterocycles. The Hall–Kier alpha value is -0.0800. The Morgan fingerprint density at radius 1 is 1.15 bits per heavy atom. The highest BCUT2D eigenvalue weighted by molar-refractivity contribution is 4.84. The first kappa shape index (κ1) is 9.47. The lowest BCUT2D eigenvalue weighted by Gasteiger charge is -2.37. The Morgan fingerprint density at radius 3 is 2.77 bits per heavy atom. The van der Waals surface area contributed by atoms with Crippen molar-refractivity contribution in [1.82, 2.24) is 10.2 Å². The zero-order valence-electron chi connectivity index (χ0n) is 8.76. The molecule has 0 amide bonds. The summed E-state index contributed by atoms with van der Waals surface area (Å²) in [7, 11) is 2.26. The minimum atomic E-state index is 0.830. The van der Waals surface area contributed by atoms with Gasteiger partial charge in [0, 0.05) is 12.6 Å². The molecule has 0 aromatic heterocycles. The first-order valence-electron chi connectivity index (χ1n) is 5.78. The summed E-state index contributed by atoms with van der Waals surface area (Å²) in [5.74, 6) is 0.930. The summed E-state index contributed by atoms with van der Waals surface area (Å²) in [6.45, 7) is 3.88. The van der Waals surface area contributed by atoms with Gasteiger partial charge in [0.05, 0.1) is 0 Å². The van der Waals surface area contributed by atoms with Gasteiger partial charge in [0.15, 0.2) is 0 Å². The highest BCUT2D eigenvalue weighted by Gasteiger charge is 2.26. The van der Waals surface area contributed by atoms with Crippen LogP contribution in [0.3, 0.4) is 0 Å². The second kappa shape index (κ2) is 4.43. The molecule has 0 aromatic rings. The number of likely N-dealkylation sites (tertiary alicyclic amines) is 1. The fourth-order valence-electron chi connectivity index (χ4n) is 2.82. The van der Waals surface area contributed by atoms with Crippen LogP contribution in [0, 0.1) is 5.92 Å². The topological polar surface area (TPSA) is 15.3 Å². The summed E-state index contributed by atoms with van der Waals surface area (Å²) in [6.07, 6.45) is 7.09. The van der Waals surface area contributed by atoms with E-state index in [1.165, 1.54) is 51.7 Å². The molecule has 76 valence electrons. The van der Waals surface area contributed by atoms with Crippen molar-refractivity contribution in [3.8, 4) is 0 Å². The molecule has 0 spiro atoms. The van der Waals surface area contributed by atoms with Crippen molar-refractivity contribution < 1.29 is 0 Å². The van der Waals surface area contributed by atoms with Gasteiger partial charge in [0.2, 0.25) is 0 Å². The number of nitrogens with one attached hydrogen (secondary N) is 1. The van der Waals surface area contributed by atoms with Crippen LogP contribution in [0.5, 0.6) is 0 Å². The monoisotopic (exact) mass is 182 g/mol. The first-order valence-corrected chi connectivity index (χ1v) is 5.78. The van der Waals surface area contributed by atoms with Crippen LogP contribution in [0.25, 0.3) is 0 Å². The van der Waals surface area contributed by atoms with Crippen LogP contribution < -0.4 is 5.32 Å². The summed E-state index contributed by atoms with van der Waals surface area (Å²) >= 11 is 0. The van der Waals surface area contributed by atoms with E-state index in [1.54, 1.807) is 0 Å². The van der Waals surface area contributed by atoms with Gasteiger partial charge in [-0.2, -0.15) is 0 Å². The Bertz CT molecular complexity index is 152. The highest BCUT2D eigenvalue weighted by Crippen LogP contribution is 2.23. The van der Waals surface area contributed by atoms with E-state index in [0.29, 0.717) is 0 Å². The van der Waals surface area contributed by atoms with Crippen molar-refractivity contribution in [3.63, 3.8) is 0 Å². The molecule has 0 aromatic carbocycles. The molecule has 0 radical (unpaired) electrons. The molecule has 2 aliphatic rings. The van der Waals surface area contributed by atoms with Crippen molar-refractivity contribution in [1.29, 1.82) is 0 Å². The summed E-state index contributed by atoms with van der Waals surface area (Å²) in [5.41, 5.74) is 0. The Labute approximate surface area is 81.7 Å². The molecule has 2 atom stereocenters.